The van der Waals surface area contributed by atoms with E-state index in [1.54, 1.807) is 12.1 Å². The Kier molecular flexibility index (Phi) is 13.5. The highest BCUT2D eigenvalue weighted by Gasteiger charge is 2.04. The van der Waals surface area contributed by atoms with Crippen molar-refractivity contribution in [2.75, 3.05) is 66.1 Å². The number of nitrogens with zero attached hydrogens (tertiary/aromatic N) is 1. The zero-order valence-corrected chi connectivity index (χ0v) is 15.4. The summed E-state index contributed by atoms with van der Waals surface area (Å²) < 4.78 is 31.7. The maximum atomic E-state index is 10.5. The number of benzene rings is 1. The first kappa shape index (κ1) is 22.8. The first-order valence-electron chi connectivity index (χ1n) is 8.64. The normalized spacial score (nSPS) is 10.5. The van der Waals surface area contributed by atoms with Crippen LogP contribution in [0.2, 0.25) is 0 Å². The Morgan fingerprint density at radius 3 is 1.67 bits per heavy atom. The predicted molar refractivity (Wildman–Crippen MR) is 98.0 cm³/mol. The van der Waals surface area contributed by atoms with Crippen LogP contribution in [0, 0.1) is 10.1 Å². The van der Waals surface area contributed by atoms with Crippen molar-refractivity contribution in [2.45, 2.75) is 0 Å². The van der Waals surface area contributed by atoms with Gasteiger partial charge < -0.3 is 28.4 Å². The monoisotopic (exact) mass is 385 g/mol. The molecular weight excluding hydrogens is 358 g/mol. The van der Waals surface area contributed by atoms with Crippen LogP contribution in [0.4, 0.5) is 5.69 Å². The lowest BCUT2D eigenvalue weighted by Gasteiger charge is -2.08. The molecule has 0 radical (unpaired) electrons. The molecule has 1 aromatic carbocycles. The molecule has 152 valence electrons. The molecular formula is C18H27NO8. The molecule has 0 aliphatic carbocycles. The first-order valence-corrected chi connectivity index (χ1v) is 8.64. The number of nitro benzene ring substituents is 1. The van der Waals surface area contributed by atoms with E-state index in [0.717, 1.165) is 0 Å². The van der Waals surface area contributed by atoms with Crippen molar-refractivity contribution in [2.24, 2.45) is 0 Å². The third kappa shape index (κ3) is 12.7. The van der Waals surface area contributed by atoms with Gasteiger partial charge in [0.1, 0.15) is 19.0 Å². The van der Waals surface area contributed by atoms with E-state index in [9.17, 15) is 10.1 Å². The highest BCUT2D eigenvalue weighted by Crippen LogP contribution is 2.16. The highest BCUT2D eigenvalue weighted by atomic mass is 16.6. The van der Waals surface area contributed by atoms with Gasteiger partial charge in [0.25, 0.3) is 5.69 Å². The van der Waals surface area contributed by atoms with Gasteiger partial charge in [-0.2, -0.15) is 0 Å². The van der Waals surface area contributed by atoms with Gasteiger partial charge in [0.2, 0.25) is 0 Å². The van der Waals surface area contributed by atoms with Crippen LogP contribution >= 0.6 is 0 Å². The number of hydrogen-bond donors (Lipinski definition) is 0. The molecule has 1 rings (SSSR count). The van der Waals surface area contributed by atoms with Crippen molar-refractivity contribution in [1.29, 1.82) is 0 Å². The van der Waals surface area contributed by atoms with E-state index >= 15 is 0 Å². The van der Waals surface area contributed by atoms with Crippen molar-refractivity contribution < 1.29 is 33.3 Å². The molecule has 1 aromatic rings. The molecule has 0 saturated carbocycles. The maximum absolute atomic E-state index is 10.5. The van der Waals surface area contributed by atoms with Crippen LogP contribution in [-0.2, 0) is 23.7 Å². The molecule has 0 bridgehead atoms. The van der Waals surface area contributed by atoms with E-state index in [-0.39, 0.29) is 5.69 Å². The number of ether oxygens (including phenoxy) is 6. The molecule has 27 heavy (non-hydrogen) atoms. The molecule has 0 fully saturated rings. The summed E-state index contributed by atoms with van der Waals surface area (Å²) in [7, 11) is 0. The lowest BCUT2D eigenvalue weighted by atomic mass is 10.3. The van der Waals surface area contributed by atoms with E-state index in [1.807, 2.05) is 0 Å². The van der Waals surface area contributed by atoms with E-state index < -0.39 is 4.92 Å². The number of hydrogen-bond acceptors (Lipinski definition) is 8. The summed E-state index contributed by atoms with van der Waals surface area (Å²) in [5.74, 6) is 0.565. The zero-order chi connectivity index (χ0) is 19.6. The fourth-order valence-electron chi connectivity index (χ4n) is 1.83. The topological polar surface area (TPSA) is 98.5 Å². The van der Waals surface area contributed by atoms with Crippen LogP contribution in [0.5, 0.6) is 5.75 Å². The summed E-state index contributed by atoms with van der Waals surface area (Å²) in [6.45, 7) is 8.13. The number of non-ortho nitro benzene ring substituents is 1. The van der Waals surface area contributed by atoms with Crippen molar-refractivity contribution in [3.05, 3.63) is 47.2 Å². The molecule has 0 atom stereocenters. The Morgan fingerprint density at radius 2 is 1.22 bits per heavy atom. The molecule has 0 aliphatic rings. The number of nitro groups is 1. The molecule has 0 unspecified atom stereocenters. The van der Waals surface area contributed by atoms with Crippen molar-refractivity contribution in [3.8, 4) is 5.75 Å². The SMILES string of the molecule is C=COCCOCCOCCOCCOCCOc1ccc([N+](=O)[O-])cc1. The van der Waals surface area contributed by atoms with Gasteiger partial charge in [-0.1, -0.05) is 6.58 Å². The van der Waals surface area contributed by atoms with Crippen molar-refractivity contribution in [3.63, 3.8) is 0 Å². The molecule has 0 saturated heterocycles. The van der Waals surface area contributed by atoms with Crippen LogP contribution < -0.4 is 4.74 Å². The molecule has 0 aromatic heterocycles. The molecule has 0 heterocycles. The van der Waals surface area contributed by atoms with Crippen molar-refractivity contribution in [1.82, 2.24) is 0 Å². The summed E-state index contributed by atoms with van der Waals surface area (Å²) >= 11 is 0. The predicted octanol–water partition coefficient (Wildman–Crippen LogP) is 2.20. The summed E-state index contributed by atoms with van der Waals surface area (Å²) in [6, 6.07) is 5.91. The molecule has 9 nitrogen and oxygen atoms in total. The smallest absolute Gasteiger partial charge is 0.269 e. The Bertz CT molecular complexity index is 509. The van der Waals surface area contributed by atoms with Crippen LogP contribution in [-0.4, -0.2) is 71.0 Å². The molecule has 9 heteroatoms. The number of rotatable bonds is 18. The second kappa shape index (κ2) is 16.0. The van der Waals surface area contributed by atoms with Crippen LogP contribution in [0.3, 0.4) is 0 Å². The van der Waals surface area contributed by atoms with Gasteiger partial charge in [-0.25, -0.2) is 0 Å². The quantitative estimate of drug-likeness (QED) is 0.164. The largest absolute Gasteiger partial charge is 0.499 e. The fraction of sp³-hybridized carbons (Fsp3) is 0.556. The highest BCUT2D eigenvalue weighted by molar-refractivity contribution is 5.35. The first-order chi connectivity index (χ1) is 13.2. The Morgan fingerprint density at radius 1 is 0.778 bits per heavy atom. The minimum Gasteiger partial charge on any atom is -0.499 e. The van der Waals surface area contributed by atoms with Gasteiger partial charge in [-0.15, -0.1) is 0 Å². The summed E-state index contributed by atoms with van der Waals surface area (Å²) in [5.41, 5.74) is 0.0328. The third-order valence-corrected chi connectivity index (χ3v) is 3.12. The maximum Gasteiger partial charge on any atom is 0.269 e. The van der Waals surface area contributed by atoms with E-state index in [4.69, 9.17) is 28.4 Å². The minimum absolute atomic E-state index is 0.0328. The van der Waals surface area contributed by atoms with Crippen LogP contribution in [0.25, 0.3) is 0 Å². The van der Waals surface area contributed by atoms with Gasteiger partial charge >= 0.3 is 0 Å². The summed E-state index contributed by atoms with van der Waals surface area (Å²) in [5, 5.41) is 10.5. The standard InChI is InChI=1S/C18H27NO8/c1-2-22-7-8-23-9-10-24-11-12-25-13-14-26-15-16-27-18-5-3-17(4-6-18)19(20)21/h2-6H,1,7-16H2. The van der Waals surface area contributed by atoms with Gasteiger partial charge in [0.05, 0.1) is 64.0 Å². The summed E-state index contributed by atoms with van der Waals surface area (Å²) in [4.78, 5) is 10.1. The van der Waals surface area contributed by atoms with Crippen LogP contribution in [0.15, 0.2) is 37.1 Å². The van der Waals surface area contributed by atoms with Crippen molar-refractivity contribution >= 4 is 5.69 Å². The van der Waals surface area contributed by atoms with Gasteiger partial charge in [-0.05, 0) is 12.1 Å². The van der Waals surface area contributed by atoms with E-state index in [0.29, 0.717) is 71.8 Å². The molecule has 0 aliphatic heterocycles. The Hall–Kier alpha value is -2.20. The van der Waals surface area contributed by atoms with E-state index in [1.165, 1.54) is 18.4 Å². The average molecular weight is 385 g/mol. The average Bonchev–Trinajstić information content (AvgIpc) is 2.68. The zero-order valence-electron chi connectivity index (χ0n) is 15.4. The third-order valence-electron chi connectivity index (χ3n) is 3.12. The van der Waals surface area contributed by atoms with Gasteiger partial charge in [0.15, 0.2) is 0 Å². The van der Waals surface area contributed by atoms with Crippen LogP contribution in [0.1, 0.15) is 0 Å². The fourth-order valence-corrected chi connectivity index (χ4v) is 1.83. The molecule has 0 amide bonds. The van der Waals surface area contributed by atoms with E-state index in [2.05, 4.69) is 6.58 Å². The lowest BCUT2D eigenvalue weighted by molar-refractivity contribution is -0.384. The molecule has 0 spiro atoms. The lowest BCUT2D eigenvalue weighted by Crippen LogP contribution is -2.14. The molecule has 0 N–H and O–H groups in total. The Balaban J connectivity index is 1.81. The van der Waals surface area contributed by atoms with Gasteiger partial charge in [-0.3, -0.25) is 10.1 Å². The van der Waals surface area contributed by atoms with Gasteiger partial charge in [0, 0.05) is 12.1 Å². The second-order valence-corrected chi connectivity index (χ2v) is 5.09. The second-order valence-electron chi connectivity index (χ2n) is 5.09. The summed E-state index contributed by atoms with van der Waals surface area (Å²) in [6.07, 6.45) is 1.38. The Labute approximate surface area is 158 Å². The minimum atomic E-state index is -0.452.